The molecule has 0 spiro atoms. The van der Waals surface area contributed by atoms with E-state index in [1.807, 2.05) is 84.9 Å². The average Bonchev–Trinajstić information content (AvgIpc) is 3.83. The van der Waals surface area contributed by atoms with Gasteiger partial charge in [0, 0.05) is 67.4 Å². The van der Waals surface area contributed by atoms with E-state index in [2.05, 4.69) is 51.6 Å². The molecule has 11 aromatic rings. The highest BCUT2D eigenvalue weighted by atomic mass is 35.5. The zero-order chi connectivity index (χ0) is 62.6. The van der Waals surface area contributed by atoms with Gasteiger partial charge in [-0.3, -0.25) is 20.6 Å². The van der Waals surface area contributed by atoms with Gasteiger partial charge in [0.15, 0.2) is 18.2 Å². The number of aliphatic carboxylic acids is 1. The number of nitrogens with one attached hydrogen (secondary N) is 3. The Hall–Kier alpha value is -11.2. The number of aromatic nitrogens is 12. The number of hydrogen-bond acceptors (Lipinski definition) is 15. The van der Waals surface area contributed by atoms with Crippen molar-refractivity contribution in [3.8, 4) is 33.6 Å². The maximum Gasteiger partial charge on any atom is 0.490 e. The first kappa shape index (κ1) is 61.4. The Morgan fingerprint density at radius 2 is 1.22 bits per heavy atom. The quantitative estimate of drug-likeness (QED) is 0.0487. The number of carboxylic acids is 2. The topological polar surface area (TPSA) is 365 Å². The predicted octanol–water partition coefficient (Wildman–Crippen LogP) is 5.96. The Morgan fingerprint density at radius 1 is 0.682 bits per heavy atom. The van der Waals surface area contributed by atoms with Gasteiger partial charge in [-0.1, -0.05) is 83.9 Å². The maximum atomic E-state index is 13.5. The maximum absolute atomic E-state index is 13.5. The van der Waals surface area contributed by atoms with Crippen LogP contribution in [0.2, 0.25) is 10.0 Å². The highest BCUT2D eigenvalue weighted by Gasteiger charge is 2.38. The van der Waals surface area contributed by atoms with Crippen LogP contribution in [0.15, 0.2) is 183 Å². The van der Waals surface area contributed by atoms with Crippen molar-refractivity contribution in [2.75, 3.05) is 5.73 Å². The molecule has 0 bridgehead atoms. The zero-order valence-corrected chi connectivity index (χ0v) is 47.1. The molecule has 88 heavy (non-hydrogen) atoms. The highest BCUT2D eigenvalue weighted by molar-refractivity contribution is 6.31. The second-order valence-electron chi connectivity index (χ2n) is 19.3. The lowest BCUT2D eigenvalue weighted by Gasteiger charge is -2.19. The number of pyridine rings is 2. The van der Waals surface area contributed by atoms with E-state index < -0.39 is 30.2 Å². The molecular formula is C59H49Cl2F3N17O7+. The van der Waals surface area contributed by atoms with Gasteiger partial charge in [0.2, 0.25) is 11.4 Å². The number of carbonyl (C=O) groups is 3. The minimum absolute atomic E-state index is 0.219. The van der Waals surface area contributed by atoms with Crippen LogP contribution in [0, 0.1) is 10.4 Å². The molecule has 11 N–H and O–H groups in total. The zero-order valence-electron chi connectivity index (χ0n) is 45.6. The first-order valence-electron chi connectivity index (χ1n) is 26.1. The van der Waals surface area contributed by atoms with E-state index in [0.717, 1.165) is 48.4 Å². The molecule has 12 rings (SSSR count). The van der Waals surface area contributed by atoms with E-state index in [1.165, 1.54) is 46.5 Å². The van der Waals surface area contributed by atoms with E-state index >= 15 is 0 Å². The second kappa shape index (κ2) is 27.3. The molecule has 29 heteroatoms. The summed E-state index contributed by atoms with van der Waals surface area (Å²) in [5, 5.41) is 75.9. The highest BCUT2D eigenvalue weighted by Crippen LogP contribution is 2.32. The molecule has 6 aromatic carbocycles. The van der Waals surface area contributed by atoms with Crippen LogP contribution >= 0.6 is 23.2 Å². The van der Waals surface area contributed by atoms with Gasteiger partial charge in [0.05, 0.1) is 34.1 Å². The smallest absolute Gasteiger partial charge is 0.490 e. The van der Waals surface area contributed by atoms with Gasteiger partial charge in [-0.25, -0.2) is 9.59 Å². The standard InChI is InChI=1S/C29H23ClN8O2.C20H17ClN6O.C8H7N3O2.C2HF3O2/c30-22-8-11-26(37-17-33-35-36-37)24(14-22)20-7-10-27(38(40)16-20)25(12-18-4-2-1-3-5-18)34-29(39)19-6-9-23-21(13-19)15-32-28(23)31;21-16-7-9-19(26-13-23-24-25-26)17(11-16)15-6-8-20(27(28)12-15)18(22)10-14-4-2-1-3-5-14;9-7-5-2-1-4(8(12)13)3-6(5)10-11-7;3-2(4,5)1(6)7/h1-11,13-14,16-17,25H,12,15H2,(H2,31,32)(H,34,39);1-9,11-13,18H,10,22H2;1-3H,(H,12,13)(H3,9,10,11);(H,6,7)/p+1/t25-;18-;;/m00../s1. The molecule has 1 aliphatic heterocycles. The number of amides is 1. The van der Waals surface area contributed by atoms with Crippen molar-refractivity contribution in [2.45, 2.75) is 37.6 Å². The third-order valence-corrected chi connectivity index (χ3v) is 13.9. The first-order chi connectivity index (χ1) is 42.2. The molecule has 0 saturated heterocycles. The molecule has 446 valence electrons. The van der Waals surface area contributed by atoms with Crippen molar-refractivity contribution in [3.05, 3.63) is 248 Å². The van der Waals surface area contributed by atoms with E-state index in [1.54, 1.807) is 60.7 Å². The Balaban J connectivity index is 0.000000165. The molecular weight excluding hydrogens is 1190 g/mol. The molecule has 0 aliphatic carbocycles. The second-order valence-corrected chi connectivity index (χ2v) is 20.2. The van der Waals surface area contributed by atoms with Gasteiger partial charge in [0.1, 0.15) is 25.2 Å². The number of benzene rings is 6. The number of alkyl halides is 3. The summed E-state index contributed by atoms with van der Waals surface area (Å²) in [4.78, 5) is 36.0. The SMILES string of the molecule is NC1=[NH+]Cc2cc(C(=O)N[C@@H](Cc3ccccc3)c3ccc(-c4cc(Cl)ccc4-n4cnnn4)c[n+]3[O-])ccc21.N[C@@H](Cc1ccccc1)c1ccc(-c2cc(Cl)ccc2-n2cnnn2)c[n+]1[O-].Nc1n[nH]c2cc(C(=O)O)ccc12.O=C(O)C(F)(F)F. The molecule has 2 atom stereocenters. The number of amidine groups is 1. The third kappa shape index (κ3) is 15.0. The number of carbonyl (C=O) groups excluding carboxylic acids is 1. The minimum Gasteiger partial charge on any atom is -0.618 e. The number of carboxylic acid groups (broad SMARTS) is 2. The van der Waals surface area contributed by atoms with E-state index in [0.29, 0.717) is 85.9 Å². The normalized spacial score (nSPS) is 12.2. The van der Waals surface area contributed by atoms with E-state index in [-0.39, 0.29) is 11.5 Å². The minimum atomic E-state index is -5.08. The number of halogens is 5. The summed E-state index contributed by atoms with van der Waals surface area (Å²) in [6.07, 6.45) is 1.85. The predicted molar refractivity (Wildman–Crippen MR) is 315 cm³/mol. The van der Waals surface area contributed by atoms with Crippen LogP contribution in [0.5, 0.6) is 0 Å². The van der Waals surface area contributed by atoms with Gasteiger partial charge in [-0.05, 0) is 123 Å². The van der Waals surface area contributed by atoms with E-state index in [4.69, 9.17) is 55.4 Å². The molecule has 1 amide bonds. The number of hydrogen-bond donors (Lipinski definition) is 8. The molecule has 0 fully saturated rings. The van der Waals surface area contributed by atoms with Gasteiger partial charge in [-0.2, -0.15) is 37.1 Å². The number of nitrogens with two attached hydrogens (primary N) is 3. The number of tetrazole rings is 2. The average molecular weight is 1240 g/mol. The summed E-state index contributed by atoms with van der Waals surface area (Å²) >= 11 is 12.5. The lowest BCUT2D eigenvalue weighted by molar-refractivity contribution is -0.615. The lowest BCUT2D eigenvalue weighted by atomic mass is 9.99. The number of aromatic carboxylic acids is 1. The lowest BCUT2D eigenvalue weighted by Crippen LogP contribution is -2.70. The van der Waals surface area contributed by atoms with Crippen molar-refractivity contribution >= 4 is 63.6 Å². The molecule has 5 aromatic heterocycles. The van der Waals surface area contributed by atoms with Crippen molar-refractivity contribution in [2.24, 2.45) is 11.5 Å². The van der Waals surface area contributed by atoms with E-state index in [9.17, 15) is 33.2 Å². The Morgan fingerprint density at radius 3 is 1.73 bits per heavy atom. The summed E-state index contributed by atoms with van der Waals surface area (Å²) in [7, 11) is 0. The van der Waals surface area contributed by atoms with Gasteiger partial charge < -0.3 is 37.4 Å². The fraction of sp³-hybridized carbons (Fsp3) is 0.102. The Kier molecular flexibility index (Phi) is 19.0. The summed E-state index contributed by atoms with van der Waals surface area (Å²) in [5.41, 5.74) is 28.0. The van der Waals surface area contributed by atoms with Crippen molar-refractivity contribution < 1.29 is 52.2 Å². The van der Waals surface area contributed by atoms with Crippen LogP contribution < -0.4 is 37.0 Å². The fourth-order valence-electron chi connectivity index (χ4n) is 9.18. The van der Waals surface area contributed by atoms with Crippen molar-refractivity contribution in [1.82, 2.24) is 55.9 Å². The summed E-state index contributed by atoms with van der Waals surface area (Å²) in [6.45, 7) is 0.563. The van der Waals surface area contributed by atoms with Gasteiger partial charge in [-0.15, -0.1) is 10.2 Å². The number of aromatic amines is 1. The largest absolute Gasteiger partial charge is 0.618 e. The van der Waals surface area contributed by atoms with Crippen LogP contribution in [0.25, 0.3) is 44.5 Å². The Labute approximate surface area is 506 Å². The van der Waals surface area contributed by atoms with Crippen molar-refractivity contribution in [1.29, 1.82) is 0 Å². The van der Waals surface area contributed by atoms with Gasteiger partial charge >= 0.3 is 18.1 Å². The fourth-order valence-corrected chi connectivity index (χ4v) is 9.52. The van der Waals surface area contributed by atoms with Gasteiger partial charge in [0.25, 0.3) is 11.7 Å². The van der Waals surface area contributed by atoms with Crippen LogP contribution in [0.4, 0.5) is 19.0 Å². The van der Waals surface area contributed by atoms with Crippen LogP contribution in [-0.2, 0) is 24.2 Å². The van der Waals surface area contributed by atoms with Crippen LogP contribution in [0.1, 0.15) is 66.4 Å². The van der Waals surface area contributed by atoms with Crippen molar-refractivity contribution in [3.63, 3.8) is 0 Å². The monoisotopic (exact) mass is 1230 g/mol. The number of H-pyrrole nitrogens is 1. The number of nitrogen functional groups attached to an aromatic ring is 2. The number of nitrogens with zero attached hydrogens (tertiary/aromatic N) is 11. The molecule has 0 radical (unpaired) electrons. The summed E-state index contributed by atoms with van der Waals surface area (Å²) < 4.78 is 36.4. The molecule has 6 heterocycles. The summed E-state index contributed by atoms with van der Waals surface area (Å²) in [5.74, 6) is -3.03. The number of anilines is 1. The third-order valence-electron chi connectivity index (χ3n) is 13.5. The molecule has 1 aliphatic rings. The Bertz CT molecular complexity index is 4310. The van der Waals surface area contributed by atoms with Crippen LogP contribution in [0.3, 0.4) is 0 Å². The molecule has 0 saturated carbocycles. The number of rotatable bonds is 13. The number of fused-ring (bicyclic) bond motifs is 2. The summed E-state index contributed by atoms with van der Waals surface area (Å²) in [6, 6.07) is 46.3. The molecule has 24 nitrogen and oxygen atoms in total. The van der Waals surface area contributed by atoms with Crippen LogP contribution in [-0.4, -0.2) is 90.7 Å². The molecule has 0 unspecified atom stereocenters. The first-order valence-corrected chi connectivity index (χ1v) is 26.9.